The second-order valence-corrected chi connectivity index (χ2v) is 9.92. The molecule has 11 heteroatoms. The number of aryl methyl sites for hydroxylation is 1. The van der Waals surface area contributed by atoms with Crippen molar-refractivity contribution in [2.75, 3.05) is 6.61 Å². The van der Waals surface area contributed by atoms with Crippen molar-refractivity contribution < 1.29 is 17.9 Å². The van der Waals surface area contributed by atoms with Gasteiger partial charge in [0, 0.05) is 42.6 Å². The molecule has 0 amide bonds. The molecule has 0 unspecified atom stereocenters. The van der Waals surface area contributed by atoms with Crippen molar-refractivity contribution >= 4 is 10.9 Å². The molecular weight excluding hydrogens is 451 g/mol. The van der Waals surface area contributed by atoms with Crippen molar-refractivity contribution in [2.24, 2.45) is 12.5 Å². The molecular formula is C23H22F3N5O3. The summed E-state index contributed by atoms with van der Waals surface area (Å²) in [6, 6.07) is 3.14. The van der Waals surface area contributed by atoms with Crippen LogP contribution in [-0.4, -0.2) is 37.5 Å². The summed E-state index contributed by atoms with van der Waals surface area (Å²) in [4.78, 5) is 36.3. The zero-order chi connectivity index (χ0) is 23.9. The van der Waals surface area contributed by atoms with Gasteiger partial charge in [0.2, 0.25) is 5.56 Å². The van der Waals surface area contributed by atoms with E-state index >= 15 is 0 Å². The van der Waals surface area contributed by atoms with Crippen molar-refractivity contribution in [3.05, 3.63) is 62.3 Å². The Bertz CT molecular complexity index is 1390. The highest BCUT2D eigenvalue weighted by Crippen LogP contribution is 2.78. The molecule has 3 aromatic rings. The molecule has 8 nitrogen and oxygen atoms in total. The van der Waals surface area contributed by atoms with Gasteiger partial charge < -0.3 is 9.72 Å². The summed E-state index contributed by atoms with van der Waals surface area (Å²) in [5.74, 6) is 0.310. The van der Waals surface area contributed by atoms with Crippen LogP contribution in [0.2, 0.25) is 0 Å². The van der Waals surface area contributed by atoms with E-state index in [-0.39, 0.29) is 42.4 Å². The first-order chi connectivity index (χ1) is 16.1. The van der Waals surface area contributed by atoms with Crippen LogP contribution in [0.15, 0.2) is 34.1 Å². The lowest BCUT2D eigenvalue weighted by Crippen LogP contribution is -2.70. The number of fused-ring (bicyclic) bond motifs is 1. The van der Waals surface area contributed by atoms with Crippen LogP contribution in [0.3, 0.4) is 0 Å². The lowest BCUT2D eigenvalue weighted by atomic mass is 9.33. The fraction of sp³-hybridized carbons (Fsp3) is 0.522. The number of ether oxygens (including phenoxy) is 1. The third kappa shape index (κ3) is 2.98. The van der Waals surface area contributed by atoms with E-state index in [0.29, 0.717) is 36.4 Å². The Balaban J connectivity index is 1.40. The van der Waals surface area contributed by atoms with E-state index in [9.17, 15) is 22.8 Å². The highest BCUT2D eigenvalue weighted by molar-refractivity contribution is 5.81. The van der Waals surface area contributed by atoms with Gasteiger partial charge in [-0.05, 0) is 43.7 Å². The maximum Gasteiger partial charge on any atom is 0.394 e. The maximum absolute atomic E-state index is 13.5. The van der Waals surface area contributed by atoms with Crippen LogP contribution in [0.4, 0.5) is 13.2 Å². The molecule has 34 heavy (non-hydrogen) atoms. The van der Waals surface area contributed by atoms with Gasteiger partial charge in [-0.3, -0.25) is 9.59 Å². The van der Waals surface area contributed by atoms with Gasteiger partial charge in [-0.25, -0.2) is 14.6 Å². The Morgan fingerprint density at radius 3 is 2.62 bits per heavy atom. The monoisotopic (exact) mass is 473 g/mol. The number of aromatic nitrogens is 5. The standard InChI is InChI=1S/C23H22F3N5O3/c1-31-20(33)17-14(8-28-31)18(21-9-22(10-21,11-21)23(24,25)26)30-19(29-17)12-4-5-34-15(6-12)13-2-3-16(32)27-7-13/h2-3,7-8,12,15H,4-6,9-11H2,1H3,(H,27,32)/t12-,15+,21?,22?/m0/s1. The maximum atomic E-state index is 13.5. The minimum absolute atomic E-state index is 0.0158. The molecule has 4 heterocycles. The van der Waals surface area contributed by atoms with Crippen LogP contribution in [0, 0.1) is 5.41 Å². The van der Waals surface area contributed by atoms with Gasteiger partial charge in [0.25, 0.3) is 5.56 Å². The Morgan fingerprint density at radius 2 is 1.94 bits per heavy atom. The van der Waals surface area contributed by atoms with Gasteiger partial charge in [0.1, 0.15) is 11.3 Å². The first kappa shape index (κ1) is 21.5. The second kappa shape index (κ2) is 6.97. The summed E-state index contributed by atoms with van der Waals surface area (Å²) in [5.41, 5.74) is -1.42. The normalized spacial score (nSPS) is 30.6. The molecule has 0 aromatic carbocycles. The number of H-pyrrole nitrogens is 1. The third-order valence-corrected chi connectivity index (χ3v) is 7.78. The molecule has 0 spiro atoms. The van der Waals surface area contributed by atoms with Gasteiger partial charge >= 0.3 is 6.18 Å². The molecule has 3 aliphatic carbocycles. The minimum atomic E-state index is -4.24. The van der Waals surface area contributed by atoms with Crippen molar-refractivity contribution in [1.29, 1.82) is 0 Å². The van der Waals surface area contributed by atoms with E-state index in [0.717, 1.165) is 5.56 Å². The number of nitrogens with one attached hydrogen (secondary N) is 1. The Kier molecular flexibility index (Phi) is 4.40. The van der Waals surface area contributed by atoms with Gasteiger partial charge in [-0.1, -0.05) is 0 Å². The van der Waals surface area contributed by atoms with Crippen molar-refractivity contribution in [1.82, 2.24) is 24.7 Å². The average molecular weight is 473 g/mol. The number of hydrogen-bond donors (Lipinski definition) is 1. The van der Waals surface area contributed by atoms with Crippen LogP contribution in [0.25, 0.3) is 10.9 Å². The number of pyridine rings is 1. The number of hydrogen-bond acceptors (Lipinski definition) is 6. The summed E-state index contributed by atoms with van der Waals surface area (Å²) in [5, 5.41) is 4.51. The van der Waals surface area contributed by atoms with E-state index in [1.165, 1.54) is 24.0 Å². The summed E-state index contributed by atoms with van der Waals surface area (Å²) >= 11 is 0. The highest BCUT2D eigenvalue weighted by atomic mass is 19.4. The predicted molar refractivity (Wildman–Crippen MR) is 114 cm³/mol. The molecule has 7 rings (SSSR count). The molecule has 2 bridgehead atoms. The van der Waals surface area contributed by atoms with Gasteiger partial charge in [-0.15, -0.1) is 0 Å². The number of alkyl halides is 3. The van der Waals surface area contributed by atoms with Gasteiger partial charge in [0.05, 0.1) is 23.4 Å². The molecule has 1 N–H and O–H groups in total. The largest absolute Gasteiger partial charge is 0.394 e. The number of rotatable bonds is 3. The quantitative estimate of drug-likeness (QED) is 0.627. The Hall–Kier alpha value is -3.08. The molecule has 1 aliphatic heterocycles. The van der Waals surface area contributed by atoms with E-state index in [1.54, 1.807) is 12.3 Å². The van der Waals surface area contributed by atoms with E-state index < -0.39 is 22.6 Å². The summed E-state index contributed by atoms with van der Waals surface area (Å²) in [6.07, 6.45) is -0.321. The van der Waals surface area contributed by atoms with Crippen LogP contribution < -0.4 is 11.1 Å². The highest BCUT2D eigenvalue weighted by Gasteiger charge is 2.79. The summed E-state index contributed by atoms with van der Waals surface area (Å²) < 4.78 is 47.6. The van der Waals surface area contributed by atoms with Crippen LogP contribution in [-0.2, 0) is 17.2 Å². The SMILES string of the molecule is Cn1ncc2c(C34CC(C(F)(F)F)(C3)C4)nc([C@H]3CCO[C@@H](c4ccc(=O)[nH]c4)C3)nc2c1=O. The number of halogens is 3. The smallest absolute Gasteiger partial charge is 0.373 e. The Morgan fingerprint density at radius 1 is 1.18 bits per heavy atom. The van der Waals surface area contributed by atoms with Crippen molar-refractivity contribution in [2.45, 2.75) is 55.7 Å². The molecule has 0 radical (unpaired) electrons. The first-order valence-corrected chi connectivity index (χ1v) is 11.2. The number of aromatic amines is 1. The van der Waals surface area contributed by atoms with E-state index in [2.05, 4.69) is 15.1 Å². The van der Waals surface area contributed by atoms with E-state index in [1.807, 2.05) is 0 Å². The number of nitrogens with zero attached hydrogens (tertiary/aromatic N) is 4. The summed E-state index contributed by atoms with van der Waals surface area (Å²) in [7, 11) is 1.52. The predicted octanol–water partition coefficient (Wildman–Crippen LogP) is 3.03. The zero-order valence-corrected chi connectivity index (χ0v) is 18.4. The van der Waals surface area contributed by atoms with Gasteiger partial charge in [0.15, 0.2) is 0 Å². The first-order valence-electron chi connectivity index (χ1n) is 11.2. The van der Waals surface area contributed by atoms with E-state index in [4.69, 9.17) is 9.72 Å². The third-order valence-electron chi connectivity index (χ3n) is 7.78. The molecule has 2 atom stereocenters. The minimum Gasteiger partial charge on any atom is -0.373 e. The topological polar surface area (TPSA) is 103 Å². The van der Waals surface area contributed by atoms with Crippen molar-refractivity contribution in [3.8, 4) is 0 Å². The molecule has 4 aliphatic rings. The van der Waals surface area contributed by atoms with Crippen LogP contribution >= 0.6 is 0 Å². The van der Waals surface area contributed by atoms with Crippen LogP contribution in [0.5, 0.6) is 0 Å². The second-order valence-electron chi connectivity index (χ2n) is 9.92. The average Bonchev–Trinajstić information content (AvgIpc) is 2.74. The molecule has 1 saturated heterocycles. The molecule has 3 aromatic heterocycles. The van der Waals surface area contributed by atoms with Gasteiger partial charge in [-0.2, -0.15) is 18.3 Å². The molecule has 4 fully saturated rings. The Labute approximate surface area is 191 Å². The lowest BCUT2D eigenvalue weighted by Gasteiger charge is -2.70. The zero-order valence-electron chi connectivity index (χ0n) is 18.4. The molecule has 3 saturated carbocycles. The fourth-order valence-electron chi connectivity index (χ4n) is 5.94. The fourth-order valence-corrected chi connectivity index (χ4v) is 5.94. The lowest BCUT2D eigenvalue weighted by molar-refractivity contribution is -0.337. The molecule has 178 valence electrons. The summed E-state index contributed by atoms with van der Waals surface area (Å²) in [6.45, 7) is 0.432. The van der Waals surface area contributed by atoms with Crippen molar-refractivity contribution in [3.63, 3.8) is 0 Å². The van der Waals surface area contributed by atoms with Crippen LogP contribution in [0.1, 0.15) is 61.2 Å².